The largest absolute Gasteiger partial charge is 0.370 e. The molecule has 1 aromatic heterocycles. The second kappa shape index (κ2) is 6.70. The Balaban J connectivity index is 1.93. The van der Waals surface area contributed by atoms with E-state index in [1.165, 1.54) is 12.1 Å². The van der Waals surface area contributed by atoms with Crippen LogP contribution in [0.3, 0.4) is 0 Å². The molecule has 0 fully saturated rings. The molecule has 0 atom stereocenters. The lowest BCUT2D eigenvalue weighted by atomic mass is 10.0. The summed E-state index contributed by atoms with van der Waals surface area (Å²) in [5.41, 5.74) is 3.55. The summed E-state index contributed by atoms with van der Waals surface area (Å²) in [6.07, 6.45) is 3.06. The summed E-state index contributed by atoms with van der Waals surface area (Å²) in [4.78, 5) is 0. The molecule has 2 aromatic carbocycles. The number of hydrogen-bond acceptors (Lipinski definition) is 2. The fourth-order valence-electron chi connectivity index (χ4n) is 3.17. The second-order valence-electron chi connectivity index (χ2n) is 6.07. The van der Waals surface area contributed by atoms with Crippen molar-refractivity contribution in [2.24, 2.45) is 0 Å². The lowest BCUT2D eigenvalue weighted by Crippen LogP contribution is -2.07. The van der Waals surface area contributed by atoms with Crippen LogP contribution in [-0.2, 0) is 6.42 Å². The van der Waals surface area contributed by atoms with Gasteiger partial charge in [-0.1, -0.05) is 23.2 Å². The predicted octanol–water partition coefficient (Wildman–Crippen LogP) is 5.73. The summed E-state index contributed by atoms with van der Waals surface area (Å²) in [6, 6.07) is 11.7. The Bertz CT molecular complexity index is 919. The summed E-state index contributed by atoms with van der Waals surface area (Å²) < 4.78 is 15.1. The maximum atomic E-state index is 13.3. The van der Waals surface area contributed by atoms with E-state index in [2.05, 4.69) is 5.32 Å². The zero-order valence-electron chi connectivity index (χ0n) is 13.4. The van der Waals surface area contributed by atoms with Crippen molar-refractivity contribution in [1.82, 2.24) is 9.78 Å². The van der Waals surface area contributed by atoms with Crippen LogP contribution in [0, 0.1) is 5.82 Å². The minimum absolute atomic E-state index is 0.270. The number of rotatable bonds is 2. The SMILES string of the molecule is Fc1ccc(-n2nc(-c3cc(Cl)ccc3Cl)c3c2NCCCC3)cc1. The van der Waals surface area contributed by atoms with E-state index in [9.17, 15) is 4.39 Å². The first-order valence-corrected chi connectivity index (χ1v) is 8.96. The first kappa shape index (κ1) is 16.4. The van der Waals surface area contributed by atoms with Crippen LogP contribution in [0.4, 0.5) is 10.2 Å². The number of fused-ring (bicyclic) bond motifs is 1. The molecule has 0 unspecified atom stereocenters. The van der Waals surface area contributed by atoms with Gasteiger partial charge in [0.15, 0.2) is 0 Å². The van der Waals surface area contributed by atoms with Crippen molar-refractivity contribution in [3.8, 4) is 16.9 Å². The molecule has 4 rings (SSSR count). The van der Waals surface area contributed by atoms with Crippen molar-refractivity contribution in [1.29, 1.82) is 0 Å². The summed E-state index contributed by atoms with van der Waals surface area (Å²) in [5, 5.41) is 9.48. The Labute approximate surface area is 155 Å². The quantitative estimate of drug-likeness (QED) is 0.619. The molecular weight excluding hydrogens is 360 g/mol. The molecule has 3 aromatic rings. The van der Waals surface area contributed by atoms with Crippen molar-refractivity contribution in [2.45, 2.75) is 19.3 Å². The maximum Gasteiger partial charge on any atom is 0.133 e. The van der Waals surface area contributed by atoms with E-state index in [0.717, 1.165) is 54.1 Å². The van der Waals surface area contributed by atoms with Gasteiger partial charge < -0.3 is 5.32 Å². The van der Waals surface area contributed by atoms with E-state index < -0.39 is 0 Å². The fraction of sp³-hybridized carbons (Fsp3) is 0.211. The van der Waals surface area contributed by atoms with Gasteiger partial charge in [-0.15, -0.1) is 0 Å². The van der Waals surface area contributed by atoms with Crippen LogP contribution in [0.1, 0.15) is 18.4 Å². The van der Waals surface area contributed by atoms with Gasteiger partial charge in [0.25, 0.3) is 0 Å². The zero-order chi connectivity index (χ0) is 17.4. The highest BCUT2D eigenvalue weighted by Gasteiger charge is 2.23. The highest BCUT2D eigenvalue weighted by Crippen LogP contribution is 2.38. The van der Waals surface area contributed by atoms with Crippen molar-refractivity contribution < 1.29 is 4.39 Å². The standard InChI is InChI=1S/C19H16Cl2FN3/c20-12-4-9-17(21)16(11-12)18-15-3-1-2-10-23-19(15)25(24-18)14-7-5-13(22)6-8-14/h4-9,11,23H,1-3,10H2. The Morgan fingerprint density at radius 2 is 1.84 bits per heavy atom. The first-order valence-electron chi connectivity index (χ1n) is 8.20. The lowest BCUT2D eigenvalue weighted by Gasteiger charge is -2.09. The molecule has 1 N–H and O–H groups in total. The van der Waals surface area contributed by atoms with E-state index in [1.54, 1.807) is 24.3 Å². The average Bonchev–Trinajstić information content (AvgIpc) is 2.79. The van der Waals surface area contributed by atoms with Gasteiger partial charge >= 0.3 is 0 Å². The van der Waals surface area contributed by atoms with Gasteiger partial charge in [0.05, 0.1) is 16.4 Å². The van der Waals surface area contributed by atoms with Crippen LogP contribution in [-0.4, -0.2) is 16.3 Å². The predicted molar refractivity (Wildman–Crippen MR) is 100 cm³/mol. The molecule has 1 aliphatic rings. The molecule has 1 aliphatic heterocycles. The van der Waals surface area contributed by atoms with Crippen LogP contribution in [0.25, 0.3) is 16.9 Å². The van der Waals surface area contributed by atoms with Crippen LogP contribution >= 0.6 is 23.2 Å². The van der Waals surface area contributed by atoms with Gasteiger partial charge in [-0.2, -0.15) is 5.10 Å². The van der Waals surface area contributed by atoms with Gasteiger partial charge in [0.1, 0.15) is 11.6 Å². The first-order chi connectivity index (χ1) is 12.1. The molecule has 2 heterocycles. The molecule has 0 spiro atoms. The highest BCUT2D eigenvalue weighted by atomic mass is 35.5. The number of nitrogens with one attached hydrogen (secondary N) is 1. The molecule has 0 aliphatic carbocycles. The van der Waals surface area contributed by atoms with Crippen molar-refractivity contribution in [2.75, 3.05) is 11.9 Å². The maximum absolute atomic E-state index is 13.3. The molecule has 0 bridgehead atoms. The van der Waals surface area contributed by atoms with Gasteiger partial charge in [-0.05, 0) is 61.7 Å². The molecule has 128 valence electrons. The smallest absolute Gasteiger partial charge is 0.133 e. The molecule has 6 heteroatoms. The normalized spacial score (nSPS) is 13.9. The monoisotopic (exact) mass is 375 g/mol. The number of hydrogen-bond donors (Lipinski definition) is 1. The summed E-state index contributed by atoms with van der Waals surface area (Å²) in [7, 11) is 0. The van der Waals surface area contributed by atoms with Crippen LogP contribution in [0.2, 0.25) is 10.0 Å². The lowest BCUT2D eigenvalue weighted by molar-refractivity contribution is 0.627. The van der Waals surface area contributed by atoms with Crippen LogP contribution < -0.4 is 5.32 Å². The third kappa shape index (κ3) is 3.12. The molecule has 25 heavy (non-hydrogen) atoms. The number of benzene rings is 2. The van der Waals surface area contributed by atoms with Gasteiger partial charge in [-0.3, -0.25) is 0 Å². The number of halogens is 3. The molecule has 0 saturated heterocycles. The van der Waals surface area contributed by atoms with E-state index in [0.29, 0.717) is 10.0 Å². The van der Waals surface area contributed by atoms with Gasteiger partial charge in [0, 0.05) is 22.7 Å². The average molecular weight is 376 g/mol. The van der Waals surface area contributed by atoms with E-state index >= 15 is 0 Å². The summed E-state index contributed by atoms with van der Waals surface area (Å²) >= 11 is 12.6. The van der Waals surface area contributed by atoms with Crippen LogP contribution in [0.15, 0.2) is 42.5 Å². The Morgan fingerprint density at radius 1 is 1.04 bits per heavy atom. The van der Waals surface area contributed by atoms with E-state index in [4.69, 9.17) is 28.3 Å². The topological polar surface area (TPSA) is 29.9 Å². The minimum Gasteiger partial charge on any atom is -0.370 e. The van der Waals surface area contributed by atoms with Gasteiger partial charge in [-0.25, -0.2) is 9.07 Å². The summed E-state index contributed by atoms with van der Waals surface area (Å²) in [6.45, 7) is 0.878. The van der Waals surface area contributed by atoms with Crippen molar-refractivity contribution in [3.63, 3.8) is 0 Å². The molecule has 0 radical (unpaired) electrons. The third-order valence-electron chi connectivity index (χ3n) is 4.38. The van der Waals surface area contributed by atoms with Crippen molar-refractivity contribution in [3.05, 3.63) is 63.9 Å². The Morgan fingerprint density at radius 3 is 2.64 bits per heavy atom. The minimum atomic E-state index is -0.270. The number of aromatic nitrogens is 2. The second-order valence-corrected chi connectivity index (χ2v) is 6.92. The van der Waals surface area contributed by atoms with E-state index in [-0.39, 0.29) is 5.82 Å². The van der Waals surface area contributed by atoms with Gasteiger partial charge in [0.2, 0.25) is 0 Å². The zero-order valence-corrected chi connectivity index (χ0v) is 14.9. The van der Waals surface area contributed by atoms with E-state index in [1.807, 2.05) is 10.7 Å². The van der Waals surface area contributed by atoms with Crippen LogP contribution in [0.5, 0.6) is 0 Å². The number of nitrogens with zero attached hydrogens (tertiary/aromatic N) is 2. The molecule has 3 nitrogen and oxygen atoms in total. The third-order valence-corrected chi connectivity index (χ3v) is 4.95. The Kier molecular flexibility index (Phi) is 4.40. The summed E-state index contributed by atoms with van der Waals surface area (Å²) in [5.74, 6) is 0.670. The fourth-order valence-corrected chi connectivity index (χ4v) is 3.55. The highest BCUT2D eigenvalue weighted by molar-refractivity contribution is 6.35. The number of anilines is 1. The Hall–Kier alpha value is -2.04. The molecular formula is C19H16Cl2FN3. The van der Waals surface area contributed by atoms with Crippen molar-refractivity contribution >= 4 is 29.0 Å². The molecule has 0 amide bonds. The molecule has 0 saturated carbocycles.